The molecule has 1 heterocycles. The number of hydrogen-bond acceptors (Lipinski definition) is 3. The molecule has 0 bridgehead atoms. The summed E-state index contributed by atoms with van der Waals surface area (Å²) in [6.07, 6.45) is 0.403. The number of carbonyl (C=O) groups is 1. The molecule has 0 amide bonds. The molecule has 1 aromatic rings. The van der Waals surface area contributed by atoms with Crippen molar-refractivity contribution in [1.29, 1.82) is 0 Å². The third-order valence-corrected chi connectivity index (χ3v) is 2.85. The number of carboxylic acids is 1. The first-order valence-corrected chi connectivity index (χ1v) is 4.76. The molecule has 1 aliphatic rings. The van der Waals surface area contributed by atoms with Crippen LogP contribution in [0, 0.1) is 0 Å². The predicted molar refractivity (Wildman–Crippen MR) is 52.9 cm³/mol. The van der Waals surface area contributed by atoms with Gasteiger partial charge in [-0.15, -0.1) is 0 Å². The molecule has 4 nitrogen and oxygen atoms in total. The Morgan fingerprint density at radius 3 is 2.67 bits per heavy atom. The zero-order chi connectivity index (χ0) is 10.9. The molecule has 0 aliphatic carbocycles. The highest BCUT2D eigenvalue weighted by Crippen LogP contribution is 2.38. The van der Waals surface area contributed by atoms with Crippen molar-refractivity contribution >= 4 is 5.97 Å². The summed E-state index contributed by atoms with van der Waals surface area (Å²) in [7, 11) is 0. The molecule has 1 saturated heterocycles. The maximum atomic E-state index is 11.3. The second-order valence-electron chi connectivity index (χ2n) is 3.71. The normalized spacial score (nSPS) is 25.3. The topological polar surface area (TPSA) is 66.8 Å². The standard InChI is InChI=1S/C11H12O4/c12-9-4-2-1-3-8(9)11(10(13)14)5-6-15-7-11/h1-4,12H,5-7H2,(H,13,14). The van der Waals surface area contributed by atoms with Crippen molar-refractivity contribution < 1.29 is 19.7 Å². The van der Waals surface area contributed by atoms with Gasteiger partial charge in [0.05, 0.1) is 6.61 Å². The van der Waals surface area contributed by atoms with E-state index in [1.54, 1.807) is 18.2 Å². The first-order chi connectivity index (χ1) is 7.17. The number of para-hydroxylation sites is 1. The van der Waals surface area contributed by atoms with Gasteiger partial charge < -0.3 is 14.9 Å². The van der Waals surface area contributed by atoms with E-state index in [1.807, 2.05) is 0 Å². The van der Waals surface area contributed by atoms with Gasteiger partial charge in [-0.25, -0.2) is 0 Å². The van der Waals surface area contributed by atoms with Gasteiger partial charge in [0.15, 0.2) is 0 Å². The van der Waals surface area contributed by atoms with Gasteiger partial charge >= 0.3 is 5.97 Å². The number of carboxylic acid groups (broad SMARTS) is 1. The van der Waals surface area contributed by atoms with Gasteiger partial charge in [-0.2, -0.15) is 0 Å². The van der Waals surface area contributed by atoms with E-state index in [4.69, 9.17) is 4.74 Å². The fourth-order valence-electron chi connectivity index (χ4n) is 1.94. The first kappa shape index (κ1) is 9.98. The van der Waals surface area contributed by atoms with Gasteiger partial charge in [-0.1, -0.05) is 18.2 Å². The molecule has 0 radical (unpaired) electrons. The molecule has 1 unspecified atom stereocenters. The maximum absolute atomic E-state index is 11.3. The van der Waals surface area contributed by atoms with Gasteiger partial charge in [0.2, 0.25) is 0 Å². The van der Waals surface area contributed by atoms with E-state index >= 15 is 0 Å². The molecule has 0 spiro atoms. The van der Waals surface area contributed by atoms with E-state index in [2.05, 4.69) is 0 Å². The molecule has 1 aromatic carbocycles. The number of phenols is 1. The van der Waals surface area contributed by atoms with E-state index in [-0.39, 0.29) is 12.4 Å². The molecule has 1 atom stereocenters. The van der Waals surface area contributed by atoms with Crippen LogP contribution in [0.25, 0.3) is 0 Å². The predicted octanol–water partition coefficient (Wildman–Crippen LogP) is 1.13. The summed E-state index contributed by atoms with van der Waals surface area (Å²) in [4.78, 5) is 11.3. The number of hydrogen-bond donors (Lipinski definition) is 2. The Morgan fingerprint density at radius 2 is 2.13 bits per heavy atom. The Kier molecular flexibility index (Phi) is 2.36. The highest BCUT2D eigenvalue weighted by Gasteiger charge is 2.45. The lowest BCUT2D eigenvalue weighted by atomic mass is 9.79. The summed E-state index contributed by atoms with van der Waals surface area (Å²) in [5.41, 5.74) is -0.638. The zero-order valence-corrected chi connectivity index (χ0v) is 8.14. The monoisotopic (exact) mass is 208 g/mol. The number of aromatic hydroxyl groups is 1. The van der Waals surface area contributed by atoms with Crippen LogP contribution in [0.2, 0.25) is 0 Å². The second kappa shape index (κ2) is 3.55. The summed E-state index contributed by atoms with van der Waals surface area (Å²) in [6, 6.07) is 6.53. The molecule has 0 aromatic heterocycles. The van der Waals surface area contributed by atoms with E-state index in [9.17, 15) is 15.0 Å². The zero-order valence-electron chi connectivity index (χ0n) is 8.14. The van der Waals surface area contributed by atoms with Crippen LogP contribution in [0.15, 0.2) is 24.3 Å². The summed E-state index contributed by atoms with van der Waals surface area (Å²) < 4.78 is 5.14. The Hall–Kier alpha value is -1.55. The molecule has 80 valence electrons. The first-order valence-electron chi connectivity index (χ1n) is 4.76. The van der Waals surface area contributed by atoms with Crippen molar-refractivity contribution in [2.24, 2.45) is 0 Å². The van der Waals surface area contributed by atoms with Crippen molar-refractivity contribution in [3.05, 3.63) is 29.8 Å². The molecule has 2 rings (SSSR count). The fourth-order valence-corrected chi connectivity index (χ4v) is 1.94. The minimum atomic E-state index is -1.08. The van der Waals surface area contributed by atoms with Crippen molar-refractivity contribution in [3.63, 3.8) is 0 Å². The van der Waals surface area contributed by atoms with Crippen LogP contribution in [0.1, 0.15) is 12.0 Å². The molecular formula is C11H12O4. The van der Waals surface area contributed by atoms with Gasteiger partial charge in [-0.3, -0.25) is 4.79 Å². The average Bonchev–Trinajstić information content (AvgIpc) is 2.68. The van der Waals surface area contributed by atoms with Crippen LogP contribution in [-0.4, -0.2) is 29.4 Å². The van der Waals surface area contributed by atoms with E-state index in [1.165, 1.54) is 6.07 Å². The highest BCUT2D eigenvalue weighted by molar-refractivity contribution is 5.83. The van der Waals surface area contributed by atoms with Crippen molar-refractivity contribution in [1.82, 2.24) is 0 Å². The molecule has 1 aliphatic heterocycles. The molecule has 2 N–H and O–H groups in total. The summed E-state index contributed by atoms with van der Waals surface area (Å²) in [5.74, 6) is -0.924. The third kappa shape index (κ3) is 1.47. The van der Waals surface area contributed by atoms with E-state index in [0.29, 0.717) is 18.6 Å². The minimum absolute atomic E-state index is 0.0189. The lowest BCUT2D eigenvalue weighted by molar-refractivity contribution is -0.143. The smallest absolute Gasteiger partial charge is 0.316 e. The highest BCUT2D eigenvalue weighted by atomic mass is 16.5. The average molecular weight is 208 g/mol. The number of phenolic OH excluding ortho intramolecular Hbond substituents is 1. The Morgan fingerprint density at radius 1 is 1.40 bits per heavy atom. The van der Waals surface area contributed by atoms with E-state index < -0.39 is 11.4 Å². The fraction of sp³-hybridized carbons (Fsp3) is 0.364. The van der Waals surface area contributed by atoms with Crippen LogP contribution in [0.5, 0.6) is 5.75 Å². The Balaban J connectivity index is 2.50. The number of rotatable bonds is 2. The van der Waals surface area contributed by atoms with Crippen LogP contribution < -0.4 is 0 Å². The number of benzene rings is 1. The summed E-state index contributed by atoms with van der Waals surface area (Å²) >= 11 is 0. The van der Waals surface area contributed by atoms with Gasteiger partial charge in [0.1, 0.15) is 11.2 Å². The van der Waals surface area contributed by atoms with Gasteiger partial charge in [0, 0.05) is 12.2 Å². The maximum Gasteiger partial charge on any atom is 0.316 e. The van der Waals surface area contributed by atoms with Crippen LogP contribution in [-0.2, 0) is 14.9 Å². The number of aliphatic carboxylic acids is 1. The summed E-state index contributed by atoms with van der Waals surface area (Å²) in [6.45, 7) is 0.542. The van der Waals surface area contributed by atoms with Crippen LogP contribution >= 0.6 is 0 Å². The molecule has 0 saturated carbocycles. The molecule has 1 fully saturated rings. The van der Waals surface area contributed by atoms with Crippen LogP contribution in [0.4, 0.5) is 0 Å². The van der Waals surface area contributed by atoms with Crippen molar-refractivity contribution in [2.75, 3.05) is 13.2 Å². The second-order valence-corrected chi connectivity index (χ2v) is 3.71. The SMILES string of the molecule is O=C(O)C1(c2ccccc2O)CCOC1. The number of ether oxygens (including phenoxy) is 1. The molecule has 4 heteroatoms. The quantitative estimate of drug-likeness (QED) is 0.764. The Bertz CT molecular complexity index is 380. The largest absolute Gasteiger partial charge is 0.508 e. The van der Waals surface area contributed by atoms with Crippen molar-refractivity contribution in [3.8, 4) is 5.75 Å². The minimum Gasteiger partial charge on any atom is -0.508 e. The molecular weight excluding hydrogens is 196 g/mol. The lowest BCUT2D eigenvalue weighted by Gasteiger charge is -2.23. The third-order valence-electron chi connectivity index (χ3n) is 2.85. The van der Waals surface area contributed by atoms with Crippen LogP contribution in [0.3, 0.4) is 0 Å². The van der Waals surface area contributed by atoms with E-state index in [0.717, 1.165) is 0 Å². The molecule has 15 heavy (non-hydrogen) atoms. The van der Waals surface area contributed by atoms with Crippen molar-refractivity contribution in [2.45, 2.75) is 11.8 Å². The van der Waals surface area contributed by atoms with Gasteiger partial charge in [0.25, 0.3) is 0 Å². The van der Waals surface area contributed by atoms with Gasteiger partial charge in [-0.05, 0) is 12.5 Å². The summed E-state index contributed by atoms with van der Waals surface area (Å²) in [5, 5.41) is 18.9. The Labute approximate surface area is 87.1 Å². The lowest BCUT2D eigenvalue weighted by Crippen LogP contribution is -2.36.